The van der Waals surface area contributed by atoms with Gasteiger partial charge in [0.2, 0.25) is 5.91 Å². The minimum atomic E-state index is -0.578. The molecule has 1 aromatic carbocycles. The number of aromatic nitrogens is 2. The third-order valence-corrected chi connectivity index (χ3v) is 5.17. The predicted molar refractivity (Wildman–Crippen MR) is 107 cm³/mol. The van der Waals surface area contributed by atoms with Crippen molar-refractivity contribution in [3.63, 3.8) is 0 Å². The number of benzene rings is 1. The van der Waals surface area contributed by atoms with Crippen LogP contribution in [0.3, 0.4) is 0 Å². The molecule has 2 heterocycles. The van der Waals surface area contributed by atoms with E-state index in [1.807, 2.05) is 0 Å². The number of nitrogens with two attached hydrogens (primary N) is 1. The number of ether oxygens (including phenoxy) is 1. The van der Waals surface area contributed by atoms with Crippen LogP contribution in [0.15, 0.2) is 34.2 Å². The Hall–Kier alpha value is -3.01. The number of thioether (sulfide) groups is 1. The van der Waals surface area contributed by atoms with Crippen LogP contribution in [0.5, 0.6) is 5.75 Å². The Morgan fingerprint density at radius 2 is 1.96 bits per heavy atom. The lowest BCUT2D eigenvalue weighted by atomic mass is 10.2. The fraction of sp³-hybridized carbons (Fsp3) is 0.333. The molecule has 2 amide bonds. The molecule has 0 bridgehead atoms. The molecule has 1 aromatic heterocycles. The number of rotatable bonds is 6. The van der Waals surface area contributed by atoms with Gasteiger partial charge in [-0.05, 0) is 37.1 Å². The molecule has 10 heteroatoms. The van der Waals surface area contributed by atoms with E-state index < -0.39 is 11.5 Å². The molecule has 0 aliphatic carbocycles. The maximum Gasteiger partial charge on any atom is 0.277 e. The van der Waals surface area contributed by atoms with Crippen LogP contribution in [-0.2, 0) is 4.79 Å². The molecular weight excluding hydrogens is 382 g/mol. The second-order valence-corrected chi connectivity index (χ2v) is 7.15. The summed E-state index contributed by atoms with van der Waals surface area (Å²) in [7, 11) is 1.53. The van der Waals surface area contributed by atoms with E-state index >= 15 is 0 Å². The Morgan fingerprint density at radius 1 is 1.29 bits per heavy atom. The number of hydrogen-bond donors (Lipinski definition) is 3. The van der Waals surface area contributed by atoms with E-state index in [1.54, 1.807) is 29.2 Å². The van der Waals surface area contributed by atoms with Crippen molar-refractivity contribution < 1.29 is 14.3 Å². The maximum atomic E-state index is 12.3. The zero-order valence-corrected chi connectivity index (χ0v) is 16.2. The average molecular weight is 403 g/mol. The van der Waals surface area contributed by atoms with Crippen LogP contribution in [0.4, 0.5) is 11.5 Å². The summed E-state index contributed by atoms with van der Waals surface area (Å²) in [6.07, 6.45) is 2.03. The number of hydrogen-bond acceptors (Lipinski definition) is 7. The molecule has 2 aromatic rings. The number of nitrogens with one attached hydrogen (secondary N) is 2. The van der Waals surface area contributed by atoms with E-state index in [2.05, 4.69) is 15.3 Å². The molecule has 148 valence electrons. The Kier molecular flexibility index (Phi) is 6.19. The van der Waals surface area contributed by atoms with Crippen molar-refractivity contribution in [2.24, 2.45) is 0 Å². The highest BCUT2D eigenvalue weighted by Crippen LogP contribution is 2.19. The van der Waals surface area contributed by atoms with Crippen LogP contribution in [-0.4, -0.2) is 52.6 Å². The van der Waals surface area contributed by atoms with E-state index in [9.17, 15) is 14.4 Å². The first-order chi connectivity index (χ1) is 13.5. The average Bonchev–Trinajstić information content (AvgIpc) is 3.24. The van der Waals surface area contributed by atoms with Gasteiger partial charge < -0.3 is 20.7 Å². The highest BCUT2D eigenvalue weighted by molar-refractivity contribution is 7.99. The lowest BCUT2D eigenvalue weighted by Gasteiger charge is -2.14. The topological polar surface area (TPSA) is 130 Å². The smallest absolute Gasteiger partial charge is 0.277 e. The van der Waals surface area contributed by atoms with Gasteiger partial charge in [-0.15, -0.1) is 0 Å². The summed E-state index contributed by atoms with van der Waals surface area (Å²) in [6, 6.07) is 6.41. The lowest BCUT2D eigenvalue weighted by Crippen LogP contribution is -2.29. The largest absolute Gasteiger partial charge is 0.497 e. The van der Waals surface area contributed by atoms with Gasteiger partial charge in [-0.2, -0.15) is 0 Å². The Bertz CT molecular complexity index is 923. The molecule has 28 heavy (non-hydrogen) atoms. The molecule has 0 saturated carbocycles. The first kappa shape index (κ1) is 19.7. The molecule has 0 spiro atoms. The van der Waals surface area contributed by atoms with Gasteiger partial charge in [-0.3, -0.25) is 19.4 Å². The van der Waals surface area contributed by atoms with E-state index in [-0.39, 0.29) is 28.3 Å². The molecule has 0 atom stereocenters. The number of anilines is 2. The van der Waals surface area contributed by atoms with Gasteiger partial charge in [0.1, 0.15) is 11.4 Å². The van der Waals surface area contributed by atoms with E-state index in [1.165, 1.54) is 7.11 Å². The van der Waals surface area contributed by atoms with Crippen LogP contribution < -0.4 is 21.3 Å². The number of amides is 2. The number of nitrogen functional groups attached to an aromatic ring is 1. The van der Waals surface area contributed by atoms with Gasteiger partial charge in [-0.25, -0.2) is 4.98 Å². The second kappa shape index (κ2) is 8.79. The number of aromatic amines is 1. The molecule has 0 unspecified atom stereocenters. The zero-order chi connectivity index (χ0) is 20.1. The first-order valence-electron chi connectivity index (χ1n) is 8.73. The fourth-order valence-corrected chi connectivity index (χ4v) is 3.54. The van der Waals surface area contributed by atoms with Gasteiger partial charge in [0, 0.05) is 18.7 Å². The number of H-pyrrole nitrogens is 1. The second-order valence-electron chi connectivity index (χ2n) is 6.19. The molecule has 1 aliphatic rings. The molecular formula is C18H21N5O4S. The summed E-state index contributed by atoms with van der Waals surface area (Å²) in [5.41, 5.74) is 5.48. The van der Waals surface area contributed by atoms with Crippen LogP contribution in [0.2, 0.25) is 0 Å². The summed E-state index contributed by atoms with van der Waals surface area (Å²) >= 11 is 1.11. The summed E-state index contributed by atoms with van der Waals surface area (Å²) in [6.45, 7) is 1.53. The summed E-state index contributed by atoms with van der Waals surface area (Å²) < 4.78 is 5.04. The molecule has 1 aliphatic heterocycles. The van der Waals surface area contributed by atoms with Gasteiger partial charge in [-0.1, -0.05) is 11.8 Å². The number of carbonyl (C=O) groups excluding carboxylic acids is 2. The van der Waals surface area contributed by atoms with Crippen molar-refractivity contribution in [3.05, 3.63) is 40.2 Å². The number of nitrogens with zero attached hydrogens (tertiary/aromatic N) is 2. The van der Waals surface area contributed by atoms with Crippen molar-refractivity contribution in [2.45, 2.75) is 18.0 Å². The molecule has 4 N–H and O–H groups in total. The van der Waals surface area contributed by atoms with Crippen molar-refractivity contribution in [2.75, 3.05) is 37.0 Å². The quantitative estimate of drug-likeness (QED) is 0.490. The monoisotopic (exact) mass is 403 g/mol. The van der Waals surface area contributed by atoms with Crippen LogP contribution >= 0.6 is 11.8 Å². The van der Waals surface area contributed by atoms with Crippen molar-refractivity contribution in [1.82, 2.24) is 14.9 Å². The minimum absolute atomic E-state index is 0.000561. The van der Waals surface area contributed by atoms with Crippen LogP contribution in [0, 0.1) is 0 Å². The van der Waals surface area contributed by atoms with Crippen molar-refractivity contribution >= 4 is 35.1 Å². The Morgan fingerprint density at radius 3 is 2.57 bits per heavy atom. The summed E-state index contributed by atoms with van der Waals surface area (Å²) in [4.78, 5) is 45.1. The van der Waals surface area contributed by atoms with Crippen molar-refractivity contribution in [3.8, 4) is 5.75 Å². The Balaban J connectivity index is 1.66. The van der Waals surface area contributed by atoms with Gasteiger partial charge in [0.05, 0.1) is 12.9 Å². The highest BCUT2D eigenvalue weighted by atomic mass is 32.2. The third-order valence-electron chi connectivity index (χ3n) is 4.31. The highest BCUT2D eigenvalue weighted by Gasteiger charge is 2.19. The van der Waals surface area contributed by atoms with E-state index in [4.69, 9.17) is 10.5 Å². The zero-order valence-electron chi connectivity index (χ0n) is 15.4. The van der Waals surface area contributed by atoms with E-state index in [0.29, 0.717) is 11.3 Å². The standard InChI is InChI=1S/C18H21N5O4S/c1-27-12-6-4-11(5-7-12)16(25)20-14-15(19)21-18(22-17(14)26)28-10-13(24)23-8-2-3-9-23/h4-7H,2-3,8-10H2,1H3,(H,20,25)(H3,19,21,22,26). The first-order valence-corrected chi connectivity index (χ1v) is 9.72. The van der Waals surface area contributed by atoms with Crippen LogP contribution in [0.25, 0.3) is 0 Å². The van der Waals surface area contributed by atoms with Gasteiger partial charge >= 0.3 is 0 Å². The normalized spacial score (nSPS) is 13.4. The van der Waals surface area contributed by atoms with Crippen LogP contribution in [0.1, 0.15) is 23.2 Å². The minimum Gasteiger partial charge on any atom is -0.497 e. The maximum absolute atomic E-state index is 12.3. The lowest BCUT2D eigenvalue weighted by molar-refractivity contribution is -0.127. The Labute approximate surface area is 165 Å². The summed E-state index contributed by atoms with van der Waals surface area (Å²) in [5.74, 6) is 0.175. The molecule has 1 saturated heterocycles. The van der Waals surface area contributed by atoms with Gasteiger partial charge in [0.15, 0.2) is 11.0 Å². The van der Waals surface area contributed by atoms with Crippen molar-refractivity contribution in [1.29, 1.82) is 0 Å². The SMILES string of the molecule is COc1ccc(C(=O)Nc2c(N)nc(SCC(=O)N3CCCC3)[nH]c2=O)cc1. The third kappa shape index (κ3) is 4.63. The number of methoxy groups -OCH3 is 1. The fourth-order valence-electron chi connectivity index (χ4n) is 2.77. The van der Waals surface area contributed by atoms with Gasteiger partial charge in [0.25, 0.3) is 11.5 Å². The van der Waals surface area contributed by atoms with E-state index in [0.717, 1.165) is 37.7 Å². The molecule has 1 fully saturated rings. The number of likely N-dealkylation sites (tertiary alicyclic amines) is 1. The molecule has 9 nitrogen and oxygen atoms in total. The molecule has 0 radical (unpaired) electrons. The summed E-state index contributed by atoms with van der Waals surface area (Å²) in [5, 5.41) is 2.71. The molecule has 3 rings (SSSR count). The predicted octanol–water partition coefficient (Wildman–Crippen LogP) is 1.33. The number of carbonyl (C=O) groups is 2.